The summed E-state index contributed by atoms with van der Waals surface area (Å²) in [5.41, 5.74) is 0.634. The summed E-state index contributed by atoms with van der Waals surface area (Å²) < 4.78 is 0. The van der Waals surface area contributed by atoms with Crippen LogP contribution < -0.4 is 5.32 Å². The maximum absolute atomic E-state index is 11.8. The van der Waals surface area contributed by atoms with Crippen molar-refractivity contribution in [3.05, 3.63) is 35.9 Å². The van der Waals surface area contributed by atoms with E-state index < -0.39 is 0 Å². The number of hydrogen-bond donors (Lipinski definition) is 1. The van der Waals surface area contributed by atoms with E-state index in [9.17, 15) is 9.59 Å². The average Bonchev–Trinajstić information content (AvgIpc) is 2.42. The summed E-state index contributed by atoms with van der Waals surface area (Å²) in [5.74, 6) is 0.816. The quantitative estimate of drug-likeness (QED) is 0.770. The van der Waals surface area contributed by atoms with Crippen molar-refractivity contribution in [2.75, 3.05) is 18.6 Å². The van der Waals surface area contributed by atoms with Gasteiger partial charge in [0.25, 0.3) is 0 Å². The van der Waals surface area contributed by atoms with Crippen LogP contribution in [0.15, 0.2) is 30.3 Å². The van der Waals surface area contributed by atoms with E-state index in [1.807, 2.05) is 31.4 Å². The molecule has 1 aromatic carbocycles. The van der Waals surface area contributed by atoms with Gasteiger partial charge in [0.05, 0.1) is 6.54 Å². The number of hydrogen-bond acceptors (Lipinski definition) is 3. The molecule has 0 saturated carbocycles. The second-order valence-electron chi connectivity index (χ2n) is 4.19. The van der Waals surface area contributed by atoms with Crippen molar-refractivity contribution in [3.8, 4) is 0 Å². The normalized spacial score (nSPS) is 11.9. The van der Waals surface area contributed by atoms with Crippen LogP contribution in [0.4, 0.5) is 0 Å². The molecule has 0 aliphatic heterocycles. The van der Waals surface area contributed by atoms with Gasteiger partial charge in [-0.1, -0.05) is 37.3 Å². The predicted molar refractivity (Wildman–Crippen MR) is 75.9 cm³/mol. The monoisotopic (exact) mass is 265 g/mol. The van der Waals surface area contributed by atoms with Crippen molar-refractivity contribution < 1.29 is 9.59 Å². The topological polar surface area (TPSA) is 46.2 Å². The molecule has 0 aromatic heterocycles. The van der Waals surface area contributed by atoms with Gasteiger partial charge < -0.3 is 5.32 Å². The third-order valence-corrected chi connectivity index (χ3v) is 3.37. The molecule has 18 heavy (non-hydrogen) atoms. The largest absolute Gasteiger partial charge is 0.348 e. The van der Waals surface area contributed by atoms with E-state index in [1.54, 1.807) is 23.9 Å². The van der Waals surface area contributed by atoms with Gasteiger partial charge in [-0.3, -0.25) is 9.59 Å². The van der Waals surface area contributed by atoms with Gasteiger partial charge in [-0.2, -0.15) is 11.8 Å². The molecule has 98 valence electrons. The zero-order valence-corrected chi connectivity index (χ0v) is 11.6. The van der Waals surface area contributed by atoms with Crippen molar-refractivity contribution in [3.63, 3.8) is 0 Å². The summed E-state index contributed by atoms with van der Waals surface area (Å²) in [6.45, 7) is 1.96. The Balaban J connectivity index is 2.36. The third kappa shape index (κ3) is 4.92. The van der Waals surface area contributed by atoms with Crippen molar-refractivity contribution >= 4 is 23.5 Å². The molecule has 0 radical (unpaired) electrons. The van der Waals surface area contributed by atoms with Gasteiger partial charge in [-0.05, 0) is 18.4 Å². The summed E-state index contributed by atoms with van der Waals surface area (Å²) in [6, 6.07) is 9.00. The predicted octanol–water partition coefficient (Wildman–Crippen LogP) is 2.37. The van der Waals surface area contributed by atoms with Crippen molar-refractivity contribution in [2.24, 2.45) is 5.92 Å². The van der Waals surface area contributed by atoms with Crippen molar-refractivity contribution in [2.45, 2.75) is 13.3 Å². The highest BCUT2D eigenvalue weighted by atomic mass is 32.2. The molecule has 1 N–H and O–H groups in total. The summed E-state index contributed by atoms with van der Waals surface area (Å²) in [7, 11) is 0. The molecule has 0 heterocycles. The van der Waals surface area contributed by atoms with Crippen LogP contribution >= 0.6 is 11.8 Å². The minimum absolute atomic E-state index is 0.0407. The molecule has 1 amide bonds. The van der Waals surface area contributed by atoms with Gasteiger partial charge >= 0.3 is 0 Å². The second-order valence-corrected chi connectivity index (χ2v) is 5.18. The Kier molecular flexibility index (Phi) is 6.50. The van der Waals surface area contributed by atoms with E-state index in [0.717, 1.165) is 12.2 Å². The minimum atomic E-state index is -0.0546. The Morgan fingerprint density at radius 3 is 2.56 bits per heavy atom. The lowest BCUT2D eigenvalue weighted by Crippen LogP contribution is -2.33. The highest BCUT2D eigenvalue weighted by Gasteiger charge is 2.13. The van der Waals surface area contributed by atoms with E-state index in [2.05, 4.69) is 5.32 Å². The first-order valence-electron chi connectivity index (χ1n) is 6.00. The summed E-state index contributed by atoms with van der Waals surface area (Å²) >= 11 is 1.72. The van der Waals surface area contributed by atoms with Crippen LogP contribution in [0.5, 0.6) is 0 Å². The Labute approximate surface area is 112 Å². The van der Waals surface area contributed by atoms with Crippen LogP contribution in [-0.2, 0) is 4.79 Å². The Bertz CT molecular complexity index is 392. The van der Waals surface area contributed by atoms with Gasteiger partial charge in [0.1, 0.15) is 0 Å². The fourth-order valence-electron chi connectivity index (χ4n) is 1.49. The number of thioether (sulfide) groups is 1. The van der Waals surface area contributed by atoms with Gasteiger partial charge in [0.2, 0.25) is 5.91 Å². The highest BCUT2D eigenvalue weighted by molar-refractivity contribution is 7.98. The number of carbonyl (C=O) groups excluding carboxylic acids is 2. The highest BCUT2D eigenvalue weighted by Crippen LogP contribution is 2.07. The van der Waals surface area contributed by atoms with Crippen LogP contribution in [0.1, 0.15) is 23.7 Å². The first kappa shape index (κ1) is 14.8. The summed E-state index contributed by atoms with van der Waals surface area (Å²) in [5, 5.41) is 2.69. The lowest BCUT2D eigenvalue weighted by molar-refractivity contribution is -0.124. The lowest BCUT2D eigenvalue weighted by Gasteiger charge is -2.10. The summed E-state index contributed by atoms with van der Waals surface area (Å²) in [4.78, 5) is 23.5. The average molecular weight is 265 g/mol. The molecular weight excluding hydrogens is 246 g/mol. The number of rotatable bonds is 7. The molecule has 0 fully saturated rings. The molecule has 1 aromatic rings. The van der Waals surface area contributed by atoms with E-state index in [0.29, 0.717) is 5.56 Å². The SMILES string of the molecule is CSCC[C@H](C)C(=O)NCC(=O)c1ccccc1. The lowest BCUT2D eigenvalue weighted by atomic mass is 10.1. The van der Waals surface area contributed by atoms with Crippen molar-refractivity contribution in [1.82, 2.24) is 5.32 Å². The van der Waals surface area contributed by atoms with Crippen LogP contribution in [-0.4, -0.2) is 30.2 Å². The number of ketones is 1. The van der Waals surface area contributed by atoms with Gasteiger partial charge in [-0.15, -0.1) is 0 Å². The molecular formula is C14H19NO2S. The number of Topliss-reactive ketones (excluding diaryl/α,β-unsaturated/α-hetero) is 1. The molecule has 0 aliphatic rings. The van der Waals surface area contributed by atoms with Crippen LogP contribution in [0.25, 0.3) is 0 Å². The Morgan fingerprint density at radius 1 is 1.28 bits per heavy atom. The number of carbonyl (C=O) groups is 2. The van der Waals surface area contributed by atoms with Gasteiger partial charge in [0, 0.05) is 11.5 Å². The third-order valence-electron chi connectivity index (χ3n) is 2.72. The molecule has 0 saturated heterocycles. The van der Waals surface area contributed by atoms with Crippen LogP contribution in [0.3, 0.4) is 0 Å². The van der Waals surface area contributed by atoms with Crippen molar-refractivity contribution in [1.29, 1.82) is 0 Å². The molecule has 0 aliphatic carbocycles. The summed E-state index contributed by atoms with van der Waals surface area (Å²) in [6.07, 6.45) is 2.86. The maximum Gasteiger partial charge on any atom is 0.223 e. The fraction of sp³-hybridized carbons (Fsp3) is 0.429. The number of amides is 1. The van der Waals surface area contributed by atoms with E-state index >= 15 is 0 Å². The Hall–Kier alpha value is -1.29. The smallest absolute Gasteiger partial charge is 0.223 e. The zero-order valence-electron chi connectivity index (χ0n) is 10.8. The Morgan fingerprint density at radius 2 is 1.94 bits per heavy atom. The molecule has 3 nitrogen and oxygen atoms in total. The zero-order chi connectivity index (χ0) is 13.4. The van der Waals surface area contributed by atoms with E-state index in [4.69, 9.17) is 0 Å². The molecule has 1 atom stereocenters. The first-order valence-corrected chi connectivity index (χ1v) is 7.39. The minimum Gasteiger partial charge on any atom is -0.348 e. The molecule has 0 unspecified atom stereocenters. The van der Waals surface area contributed by atoms with Gasteiger partial charge in [-0.25, -0.2) is 0 Å². The molecule has 1 rings (SSSR count). The number of benzene rings is 1. The molecule has 4 heteroatoms. The van der Waals surface area contributed by atoms with E-state index in [-0.39, 0.29) is 24.2 Å². The van der Waals surface area contributed by atoms with Crippen LogP contribution in [0.2, 0.25) is 0 Å². The fourth-order valence-corrected chi connectivity index (χ4v) is 2.08. The standard InChI is InChI=1S/C14H19NO2S/c1-11(8-9-18-2)14(17)15-10-13(16)12-6-4-3-5-7-12/h3-7,11H,8-10H2,1-2H3,(H,15,17)/t11-/m0/s1. The second kappa shape index (κ2) is 7.93. The maximum atomic E-state index is 11.8. The molecule has 0 bridgehead atoms. The number of nitrogens with one attached hydrogen (secondary N) is 1. The first-order chi connectivity index (χ1) is 8.65. The molecule has 0 spiro atoms. The van der Waals surface area contributed by atoms with Crippen LogP contribution in [0, 0.1) is 5.92 Å². The van der Waals surface area contributed by atoms with Gasteiger partial charge in [0.15, 0.2) is 5.78 Å². The van der Waals surface area contributed by atoms with E-state index in [1.165, 1.54) is 0 Å².